The Morgan fingerprint density at radius 1 is 1.56 bits per heavy atom. The zero-order valence-corrected chi connectivity index (χ0v) is 11.0. The summed E-state index contributed by atoms with van der Waals surface area (Å²) < 4.78 is 0. The van der Waals surface area contributed by atoms with Gasteiger partial charge >= 0.3 is 0 Å². The van der Waals surface area contributed by atoms with Crippen LogP contribution in [0.2, 0.25) is 0 Å². The Labute approximate surface area is 102 Å². The fourth-order valence-electron chi connectivity index (χ4n) is 2.16. The van der Waals surface area contributed by atoms with Gasteiger partial charge in [0.1, 0.15) is 0 Å². The van der Waals surface area contributed by atoms with Crippen molar-refractivity contribution in [2.75, 3.05) is 25.5 Å². The molecule has 0 aliphatic carbocycles. The SMILES string of the molecule is CCc1csc(NCC2CCCCN2C)n1. The number of thiazole rings is 1. The van der Waals surface area contributed by atoms with Gasteiger partial charge in [-0.15, -0.1) is 11.3 Å². The van der Waals surface area contributed by atoms with Gasteiger partial charge in [-0.05, 0) is 32.9 Å². The molecule has 1 aliphatic rings. The zero-order valence-electron chi connectivity index (χ0n) is 10.2. The van der Waals surface area contributed by atoms with Crippen LogP contribution >= 0.6 is 11.3 Å². The normalized spacial score (nSPS) is 22.2. The molecule has 2 heterocycles. The third-order valence-corrected chi connectivity index (χ3v) is 4.17. The van der Waals surface area contributed by atoms with Crippen molar-refractivity contribution in [1.29, 1.82) is 0 Å². The predicted octanol–water partition coefficient (Wildman–Crippen LogP) is 2.60. The number of rotatable bonds is 4. The quantitative estimate of drug-likeness (QED) is 0.875. The Kier molecular flexibility index (Phi) is 4.18. The van der Waals surface area contributed by atoms with Gasteiger partial charge in [0.05, 0.1) is 5.69 Å². The zero-order chi connectivity index (χ0) is 11.4. The van der Waals surface area contributed by atoms with Crippen LogP contribution in [0.15, 0.2) is 5.38 Å². The van der Waals surface area contributed by atoms with Crippen LogP contribution in [-0.2, 0) is 6.42 Å². The fraction of sp³-hybridized carbons (Fsp3) is 0.750. The first-order chi connectivity index (χ1) is 7.79. The number of likely N-dealkylation sites (N-methyl/N-ethyl adjacent to an activating group) is 1. The summed E-state index contributed by atoms with van der Waals surface area (Å²) in [5, 5.41) is 6.69. The summed E-state index contributed by atoms with van der Waals surface area (Å²) in [6.07, 6.45) is 5.07. The van der Waals surface area contributed by atoms with Crippen molar-refractivity contribution in [2.24, 2.45) is 0 Å². The standard InChI is InChI=1S/C12H21N3S/c1-3-10-9-16-12(14-10)13-8-11-6-4-5-7-15(11)2/h9,11H,3-8H2,1-2H3,(H,13,14). The molecular weight excluding hydrogens is 218 g/mol. The molecular formula is C12H21N3S. The smallest absolute Gasteiger partial charge is 0.182 e. The minimum absolute atomic E-state index is 0.683. The van der Waals surface area contributed by atoms with Gasteiger partial charge < -0.3 is 10.2 Å². The van der Waals surface area contributed by atoms with Gasteiger partial charge in [0.25, 0.3) is 0 Å². The first-order valence-corrected chi connectivity index (χ1v) is 7.06. The Morgan fingerprint density at radius 2 is 2.44 bits per heavy atom. The molecule has 1 N–H and O–H groups in total. The van der Waals surface area contributed by atoms with E-state index in [1.165, 1.54) is 31.5 Å². The van der Waals surface area contributed by atoms with Crippen LogP contribution in [0.1, 0.15) is 31.9 Å². The molecule has 0 radical (unpaired) electrons. The maximum atomic E-state index is 4.53. The highest BCUT2D eigenvalue weighted by atomic mass is 32.1. The van der Waals surface area contributed by atoms with Gasteiger partial charge in [-0.25, -0.2) is 4.98 Å². The van der Waals surface area contributed by atoms with Crippen LogP contribution < -0.4 is 5.32 Å². The van der Waals surface area contributed by atoms with E-state index in [1.54, 1.807) is 11.3 Å². The summed E-state index contributed by atoms with van der Waals surface area (Å²) in [7, 11) is 2.23. The second-order valence-electron chi connectivity index (χ2n) is 4.51. The van der Waals surface area contributed by atoms with E-state index in [0.29, 0.717) is 6.04 Å². The average Bonchev–Trinajstić information content (AvgIpc) is 2.76. The number of anilines is 1. The summed E-state index contributed by atoms with van der Waals surface area (Å²) in [5.41, 5.74) is 1.20. The monoisotopic (exact) mass is 239 g/mol. The molecule has 1 aliphatic heterocycles. The van der Waals surface area contributed by atoms with Crippen molar-refractivity contribution >= 4 is 16.5 Å². The Bertz CT molecular complexity index is 324. The highest BCUT2D eigenvalue weighted by Crippen LogP contribution is 2.18. The Balaban J connectivity index is 1.81. The molecule has 16 heavy (non-hydrogen) atoms. The van der Waals surface area contributed by atoms with Crippen molar-refractivity contribution in [2.45, 2.75) is 38.6 Å². The number of piperidine rings is 1. The van der Waals surface area contributed by atoms with E-state index in [-0.39, 0.29) is 0 Å². The van der Waals surface area contributed by atoms with Crippen molar-refractivity contribution < 1.29 is 0 Å². The summed E-state index contributed by atoms with van der Waals surface area (Å²) in [6, 6.07) is 0.683. The maximum absolute atomic E-state index is 4.53. The fourth-order valence-corrected chi connectivity index (χ4v) is 2.96. The van der Waals surface area contributed by atoms with Crippen LogP contribution in [0.5, 0.6) is 0 Å². The van der Waals surface area contributed by atoms with Gasteiger partial charge in [-0.1, -0.05) is 13.3 Å². The molecule has 1 aromatic rings. The van der Waals surface area contributed by atoms with E-state index in [1.807, 2.05) is 0 Å². The van der Waals surface area contributed by atoms with E-state index in [2.05, 4.69) is 34.6 Å². The number of likely N-dealkylation sites (tertiary alicyclic amines) is 1. The molecule has 0 saturated carbocycles. The lowest BCUT2D eigenvalue weighted by Gasteiger charge is -2.32. The maximum Gasteiger partial charge on any atom is 0.182 e. The molecule has 1 fully saturated rings. The van der Waals surface area contributed by atoms with Crippen molar-refractivity contribution in [3.63, 3.8) is 0 Å². The molecule has 0 amide bonds. The molecule has 1 aromatic heterocycles. The van der Waals surface area contributed by atoms with Crippen LogP contribution in [0.3, 0.4) is 0 Å². The summed E-state index contributed by atoms with van der Waals surface area (Å²) in [4.78, 5) is 6.99. The predicted molar refractivity (Wildman–Crippen MR) is 70.3 cm³/mol. The number of nitrogens with one attached hydrogen (secondary N) is 1. The van der Waals surface area contributed by atoms with Crippen molar-refractivity contribution in [3.8, 4) is 0 Å². The average molecular weight is 239 g/mol. The second-order valence-corrected chi connectivity index (χ2v) is 5.37. The van der Waals surface area contributed by atoms with E-state index < -0.39 is 0 Å². The van der Waals surface area contributed by atoms with Crippen LogP contribution in [0, 0.1) is 0 Å². The largest absolute Gasteiger partial charge is 0.360 e. The minimum Gasteiger partial charge on any atom is -0.360 e. The summed E-state index contributed by atoms with van der Waals surface area (Å²) in [6.45, 7) is 4.42. The molecule has 1 saturated heterocycles. The van der Waals surface area contributed by atoms with E-state index >= 15 is 0 Å². The molecule has 4 heteroatoms. The molecule has 1 atom stereocenters. The number of aryl methyl sites for hydroxylation is 1. The highest BCUT2D eigenvalue weighted by Gasteiger charge is 2.18. The summed E-state index contributed by atoms with van der Waals surface area (Å²) in [5.74, 6) is 0. The number of hydrogen-bond acceptors (Lipinski definition) is 4. The number of nitrogens with zero attached hydrogens (tertiary/aromatic N) is 2. The van der Waals surface area contributed by atoms with Crippen molar-refractivity contribution in [1.82, 2.24) is 9.88 Å². The Hall–Kier alpha value is -0.610. The molecule has 3 nitrogen and oxygen atoms in total. The van der Waals surface area contributed by atoms with Crippen molar-refractivity contribution in [3.05, 3.63) is 11.1 Å². The van der Waals surface area contributed by atoms with Crippen LogP contribution in [0.4, 0.5) is 5.13 Å². The molecule has 0 aromatic carbocycles. The first-order valence-electron chi connectivity index (χ1n) is 6.18. The number of aromatic nitrogens is 1. The molecule has 0 spiro atoms. The van der Waals surface area contributed by atoms with Crippen LogP contribution in [-0.4, -0.2) is 36.1 Å². The van der Waals surface area contributed by atoms with E-state index in [0.717, 1.165) is 18.1 Å². The second kappa shape index (κ2) is 5.64. The topological polar surface area (TPSA) is 28.2 Å². The van der Waals surface area contributed by atoms with Gasteiger partial charge in [0, 0.05) is 18.0 Å². The molecule has 1 unspecified atom stereocenters. The third kappa shape index (κ3) is 2.95. The van der Waals surface area contributed by atoms with Gasteiger partial charge in [0.2, 0.25) is 0 Å². The highest BCUT2D eigenvalue weighted by molar-refractivity contribution is 7.13. The molecule has 2 rings (SSSR count). The molecule has 0 bridgehead atoms. The van der Waals surface area contributed by atoms with E-state index in [4.69, 9.17) is 0 Å². The Morgan fingerprint density at radius 3 is 3.12 bits per heavy atom. The number of hydrogen-bond donors (Lipinski definition) is 1. The lowest BCUT2D eigenvalue weighted by atomic mass is 10.0. The third-order valence-electron chi connectivity index (χ3n) is 3.32. The van der Waals surface area contributed by atoms with Gasteiger partial charge in [-0.2, -0.15) is 0 Å². The van der Waals surface area contributed by atoms with Gasteiger partial charge in [-0.3, -0.25) is 0 Å². The van der Waals surface area contributed by atoms with E-state index in [9.17, 15) is 0 Å². The molecule has 90 valence electrons. The first kappa shape index (κ1) is 11.9. The summed E-state index contributed by atoms with van der Waals surface area (Å²) >= 11 is 1.72. The van der Waals surface area contributed by atoms with Crippen LogP contribution in [0.25, 0.3) is 0 Å². The lowest BCUT2D eigenvalue weighted by molar-refractivity contribution is 0.194. The minimum atomic E-state index is 0.683. The lowest BCUT2D eigenvalue weighted by Crippen LogP contribution is -2.40. The van der Waals surface area contributed by atoms with Gasteiger partial charge in [0.15, 0.2) is 5.13 Å².